The Morgan fingerprint density at radius 2 is 1.79 bits per heavy atom. The lowest BCUT2D eigenvalue weighted by molar-refractivity contribution is 0.965. The number of nitrogens with one attached hydrogen (secondary N) is 3. The molecule has 0 saturated heterocycles. The molecule has 1 aromatic carbocycles. The van der Waals surface area contributed by atoms with Crippen LogP contribution in [0.25, 0.3) is 0 Å². The number of rotatable bonds is 0. The molecule has 0 bridgehead atoms. The van der Waals surface area contributed by atoms with Crippen molar-refractivity contribution in [1.82, 2.24) is 5.32 Å². The second-order valence-corrected chi connectivity index (χ2v) is 3.07. The number of hydrogen-bond acceptors (Lipinski definition) is 4. The fraction of sp³-hybridized carbons (Fsp3) is 0.300. The monoisotopic (exact) mass is 190 g/mol. The molecule has 74 valence electrons. The molecule has 1 aromatic rings. The maximum absolute atomic E-state index is 3.85. The fourth-order valence-corrected chi connectivity index (χ4v) is 1.35. The normalized spacial score (nSPS) is 15.7. The van der Waals surface area contributed by atoms with Gasteiger partial charge in [-0.2, -0.15) is 0 Å². The number of anilines is 2. The molecule has 2 aliphatic heterocycles. The average Bonchev–Trinajstić information content (AvgIpc) is 2.92. The Hall–Kier alpha value is -1.71. The molecule has 0 aliphatic carbocycles. The van der Waals surface area contributed by atoms with Crippen LogP contribution in [0.1, 0.15) is 0 Å². The maximum Gasteiger partial charge on any atom is 0.0850 e. The Kier molecular flexibility index (Phi) is 2.85. The highest BCUT2D eigenvalue weighted by atomic mass is 15.1. The van der Waals surface area contributed by atoms with E-state index in [0.717, 1.165) is 19.8 Å². The van der Waals surface area contributed by atoms with E-state index in [1.54, 1.807) is 6.34 Å². The van der Waals surface area contributed by atoms with Gasteiger partial charge in [-0.15, -0.1) is 0 Å². The lowest BCUT2D eigenvalue weighted by Gasteiger charge is -1.93. The summed E-state index contributed by atoms with van der Waals surface area (Å²) >= 11 is 0. The van der Waals surface area contributed by atoms with Gasteiger partial charge in [0.05, 0.1) is 30.9 Å². The van der Waals surface area contributed by atoms with E-state index in [0.29, 0.717) is 0 Å². The van der Waals surface area contributed by atoms with Crippen molar-refractivity contribution in [2.75, 3.05) is 30.4 Å². The van der Waals surface area contributed by atoms with E-state index in [1.807, 2.05) is 12.1 Å². The maximum atomic E-state index is 3.85. The number of hydrogen-bond donors (Lipinski definition) is 3. The Labute approximate surface area is 83.4 Å². The van der Waals surface area contributed by atoms with Crippen molar-refractivity contribution in [3.63, 3.8) is 0 Å². The molecule has 0 saturated carbocycles. The molecular weight excluding hydrogens is 176 g/mol. The average molecular weight is 190 g/mol. The van der Waals surface area contributed by atoms with Crippen LogP contribution in [0, 0.1) is 0 Å². The molecule has 0 fully saturated rings. The number of fused-ring (bicyclic) bond motifs is 1. The molecule has 3 rings (SSSR count). The second-order valence-electron chi connectivity index (χ2n) is 3.07. The summed E-state index contributed by atoms with van der Waals surface area (Å²) in [5.74, 6) is 0. The van der Waals surface area contributed by atoms with Gasteiger partial charge in [-0.25, -0.2) is 0 Å². The van der Waals surface area contributed by atoms with Crippen molar-refractivity contribution >= 4 is 17.7 Å². The van der Waals surface area contributed by atoms with Crippen molar-refractivity contribution in [2.45, 2.75) is 0 Å². The van der Waals surface area contributed by atoms with Crippen molar-refractivity contribution in [1.29, 1.82) is 0 Å². The molecule has 4 heteroatoms. The summed E-state index contributed by atoms with van der Waals surface area (Å²) in [4.78, 5) is 3.85. The van der Waals surface area contributed by atoms with E-state index >= 15 is 0 Å². The third-order valence-corrected chi connectivity index (χ3v) is 2.05. The minimum Gasteiger partial charge on any atom is -0.375 e. The minimum absolute atomic E-state index is 0.860. The Balaban J connectivity index is 0.000000128. The van der Waals surface area contributed by atoms with Gasteiger partial charge in [0, 0.05) is 6.54 Å². The highest BCUT2D eigenvalue weighted by Crippen LogP contribution is 2.23. The summed E-state index contributed by atoms with van der Waals surface area (Å²) in [6, 6.07) is 8.18. The number of aliphatic imine (C=N–C) groups is 1. The standard InChI is InChI=1S/C7H8N2.C3H6N2/c1-2-4-7-6(3-1)8-5-9-7;1-2-5-3-4-1/h1-4,8-9H,5H2;3H,1-2H2,(H,4,5). The fourth-order valence-electron chi connectivity index (χ4n) is 1.35. The summed E-state index contributed by atoms with van der Waals surface area (Å²) in [7, 11) is 0. The lowest BCUT2D eigenvalue weighted by atomic mass is 10.3. The van der Waals surface area contributed by atoms with Crippen molar-refractivity contribution < 1.29 is 0 Å². The van der Waals surface area contributed by atoms with Gasteiger partial charge in [0.2, 0.25) is 0 Å². The Morgan fingerprint density at radius 3 is 2.21 bits per heavy atom. The number of nitrogens with zero attached hydrogens (tertiary/aromatic N) is 1. The van der Waals surface area contributed by atoms with E-state index in [2.05, 4.69) is 33.1 Å². The van der Waals surface area contributed by atoms with E-state index in [9.17, 15) is 0 Å². The smallest absolute Gasteiger partial charge is 0.0850 e. The molecule has 0 unspecified atom stereocenters. The van der Waals surface area contributed by atoms with Gasteiger partial charge in [0.15, 0.2) is 0 Å². The molecule has 0 amide bonds. The molecule has 3 N–H and O–H groups in total. The summed E-state index contributed by atoms with van der Waals surface area (Å²) < 4.78 is 0. The molecule has 2 heterocycles. The van der Waals surface area contributed by atoms with Gasteiger partial charge in [-0.1, -0.05) is 12.1 Å². The van der Waals surface area contributed by atoms with Crippen LogP contribution in [0.4, 0.5) is 11.4 Å². The molecule has 0 radical (unpaired) electrons. The zero-order chi connectivity index (χ0) is 9.64. The first-order valence-electron chi connectivity index (χ1n) is 4.75. The molecule has 0 atom stereocenters. The van der Waals surface area contributed by atoms with E-state index in [4.69, 9.17) is 0 Å². The summed E-state index contributed by atoms with van der Waals surface area (Å²) in [5, 5.41) is 9.31. The molecule has 2 aliphatic rings. The van der Waals surface area contributed by atoms with Gasteiger partial charge in [-0.05, 0) is 12.1 Å². The van der Waals surface area contributed by atoms with E-state index in [-0.39, 0.29) is 0 Å². The van der Waals surface area contributed by atoms with Gasteiger partial charge < -0.3 is 16.0 Å². The van der Waals surface area contributed by atoms with Crippen molar-refractivity contribution in [3.8, 4) is 0 Å². The predicted octanol–water partition coefficient (Wildman–Crippen LogP) is 1.10. The molecular formula is C10H14N4. The second kappa shape index (κ2) is 4.50. The Morgan fingerprint density at radius 1 is 1.07 bits per heavy atom. The molecule has 0 spiro atoms. The van der Waals surface area contributed by atoms with Crippen LogP contribution in [-0.4, -0.2) is 26.1 Å². The largest absolute Gasteiger partial charge is 0.375 e. The number of para-hydroxylation sites is 2. The van der Waals surface area contributed by atoms with Gasteiger partial charge in [0.25, 0.3) is 0 Å². The Bertz CT molecular complexity index is 293. The topological polar surface area (TPSA) is 48.5 Å². The molecule has 14 heavy (non-hydrogen) atoms. The van der Waals surface area contributed by atoms with Crippen LogP contribution in [0.15, 0.2) is 29.3 Å². The summed E-state index contributed by atoms with van der Waals surface area (Å²) in [6.45, 7) is 2.85. The third-order valence-electron chi connectivity index (χ3n) is 2.05. The predicted molar refractivity (Wildman–Crippen MR) is 59.9 cm³/mol. The first-order valence-corrected chi connectivity index (χ1v) is 4.75. The van der Waals surface area contributed by atoms with Gasteiger partial charge >= 0.3 is 0 Å². The van der Waals surface area contributed by atoms with Crippen LogP contribution in [0.5, 0.6) is 0 Å². The highest BCUT2D eigenvalue weighted by molar-refractivity contribution is 5.72. The first-order chi connectivity index (χ1) is 6.97. The van der Waals surface area contributed by atoms with Crippen LogP contribution in [0.2, 0.25) is 0 Å². The zero-order valence-corrected chi connectivity index (χ0v) is 7.96. The molecule has 4 nitrogen and oxygen atoms in total. The minimum atomic E-state index is 0.860. The van der Waals surface area contributed by atoms with Crippen LogP contribution < -0.4 is 16.0 Å². The van der Waals surface area contributed by atoms with E-state index < -0.39 is 0 Å². The zero-order valence-electron chi connectivity index (χ0n) is 7.96. The number of benzene rings is 1. The van der Waals surface area contributed by atoms with Crippen molar-refractivity contribution in [3.05, 3.63) is 24.3 Å². The summed E-state index contributed by atoms with van der Waals surface area (Å²) in [6.07, 6.45) is 1.74. The molecule has 0 aromatic heterocycles. The first kappa shape index (κ1) is 8.87. The quantitative estimate of drug-likeness (QED) is 0.574. The van der Waals surface area contributed by atoms with Crippen LogP contribution in [-0.2, 0) is 0 Å². The summed E-state index contributed by atoms with van der Waals surface area (Å²) in [5.41, 5.74) is 2.41. The van der Waals surface area contributed by atoms with Crippen LogP contribution in [0.3, 0.4) is 0 Å². The van der Waals surface area contributed by atoms with Crippen molar-refractivity contribution in [2.24, 2.45) is 4.99 Å². The highest BCUT2D eigenvalue weighted by Gasteiger charge is 2.04. The third kappa shape index (κ3) is 2.16. The van der Waals surface area contributed by atoms with Crippen LogP contribution >= 0.6 is 0 Å². The van der Waals surface area contributed by atoms with E-state index in [1.165, 1.54) is 11.4 Å². The van der Waals surface area contributed by atoms with Gasteiger partial charge in [0.1, 0.15) is 0 Å². The van der Waals surface area contributed by atoms with Gasteiger partial charge in [-0.3, -0.25) is 4.99 Å². The SMILES string of the molecule is C1=NCCN1.c1ccc2c(c1)NCN2. The lowest BCUT2D eigenvalue weighted by Crippen LogP contribution is -2.04.